The first kappa shape index (κ1) is 14.7. The van der Waals surface area contributed by atoms with E-state index >= 15 is 0 Å². The molecule has 1 N–H and O–H groups in total. The van der Waals surface area contributed by atoms with Gasteiger partial charge in [0.2, 0.25) is 0 Å². The molecule has 0 atom stereocenters. The van der Waals surface area contributed by atoms with Crippen LogP contribution in [0.15, 0.2) is 18.2 Å². The molecule has 0 unspecified atom stereocenters. The van der Waals surface area contributed by atoms with Crippen LogP contribution in [0, 0.1) is 11.3 Å². The van der Waals surface area contributed by atoms with E-state index in [0.29, 0.717) is 18.8 Å². The summed E-state index contributed by atoms with van der Waals surface area (Å²) in [6.45, 7) is 6.22. The molecule has 1 aromatic rings. The molecule has 0 amide bonds. The van der Waals surface area contributed by atoms with Crippen molar-refractivity contribution in [3.05, 3.63) is 29.3 Å². The third kappa shape index (κ3) is 3.05. The lowest BCUT2D eigenvalue weighted by atomic mass is 10.0. The van der Waals surface area contributed by atoms with Crippen molar-refractivity contribution in [3.8, 4) is 6.07 Å². The minimum Gasteiger partial charge on any atom is -0.368 e. The number of halogens is 3. The molecule has 2 rings (SSSR count). The molecule has 1 aliphatic rings. The summed E-state index contributed by atoms with van der Waals surface area (Å²) in [5.41, 5.74) is -0.651. The van der Waals surface area contributed by atoms with Gasteiger partial charge in [-0.15, -0.1) is 0 Å². The van der Waals surface area contributed by atoms with Crippen molar-refractivity contribution in [2.45, 2.75) is 25.6 Å². The van der Waals surface area contributed by atoms with Crippen LogP contribution in [0.25, 0.3) is 0 Å². The zero-order chi connectivity index (χ0) is 15.0. The number of rotatable bonds is 1. The maximum absolute atomic E-state index is 12.8. The Balaban J connectivity index is 2.33. The summed E-state index contributed by atoms with van der Waals surface area (Å²) >= 11 is 0. The van der Waals surface area contributed by atoms with E-state index in [2.05, 4.69) is 5.32 Å². The Morgan fingerprint density at radius 2 is 2.05 bits per heavy atom. The van der Waals surface area contributed by atoms with E-state index in [-0.39, 0.29) is 11.1 Å². The first-order valence-electron chi connectivity index (χ1n) is 6.34. The van der Waals surface area contributed by atoms with Gasteiger partial charge in [-0.25, -0.2) is 0 Å². The molecule has 0 aliphatic carbocycles. The normalized spacial score (nSPS) is 18.7. The van der Waals surface area contributed by atoms with Crippen LogP contribution in [0.4, 0.5) is 18.9 Å². The molecule has 0 saturated carbocycles. The summed E-state index contributed by atoms with van der Waals surface area (Å²) in [5, 5.41) is 12.3. The van der Waals surface area contributed by atoms with E-state index in [1.54, 1.807) is 6.07 Å². The van der Waals surface area contributed by atoms with E-state index in [0.717, 1.165) is 12.6 Å². The Hall–Kier alpha value is -1.74. The van der Waals surface area contributed by atoms with E-state index in [9.17, 15) is 13.2 Å². The van der Waals surface area contributed by atoms with E-state index in [4.69, 9.17) is 5.26 Å². The van der Waals surface area contributed by atoms with Gasteiger partial charge < -0.3 is 10.2 Å². The minimum atomic E-state index is -4.49. The number of hydrogen-bond acceptors (Lipinski definition) is 3. The van der Waals surface area contributed by atoms with Gasteiger partial charge in [-0.1, -0.05) is 0 Å². The number of hydrogen-bond donors (Lipinski definition) is 1. The Kier molecular flexibility index (Phi) is 3.65. The fourth-order valence-electron chi connectivity index (χ4n) is 2.43. The highest BCUT2D eigenvalue weighted by molar-refractivity contribution is 5.56. The summed E-state index contributed by atoms with van der Waals surface area (Å²) in [6.07, 6.45) is -4.49. The standard InChI is InChI=1S/C14H16F3N3/c1-13(2)9-20(6-5-19-13)11-3-4-12(14(15,16)17)10(7-11)8-18/h3-4,7,19H,5-6,9H2,1-2H3. The number of piperazine rings is 1. The molecular formula is C14H16F3N3. The predicted octanol–water partition coefficient (Wildman–Crippen LogP) is 2.77. The molecule has 1 saturated heterocycles. The number of anilines is 1. The van der Waals surface area contributed by atoms with Crippen LogP contribution in [0.5, 0.6) is 0 Å². The van der Waals surface area contributed by atoms with Gasteiger partial charge in [-0.05, 0) is 32.0 Å². The predicted molar refractivity (Wildman–Crippen MR) is 70.5 cm³/mol. The van der Waals surface area contributed by atoms with Crippen molar-refractivity contribution in [3.63, 3.8) is 0 Å². The zero-order valence-electron chi connectivity index (χ0n) is 11.4. The number of nitriles is 1. The number of benzene rings is 1. The van der Waals surface area contributed by atoms with Crippen molar-refractivity contribution < 1.29 is 13.2 Å². The maximum Gasteiger partial charge on any atom is 0.417 e. The number of nitrogens with zero attached hydrogens (tertiary/aromatic N) is 2. The molecule has 1 heterocycles. The lowest BCUT2D eigenvalue weighted by Crippen LogP contribution is -2.57. The second-order valence-corrected chi connectivity index (χ2v) is 5.57. The quantitative estimate of drug-likeness (QED) is 0.861. The molecule has 108 valence electrons. The molecule has 1 fully saturated rings. The van der Waals surface area contributed by atoms with E-state index in [1.165, 1.54) is 12.1 Å². The second-order valence-electron chi connectivity index (χ2n) is 5.57. The summed E-state index contributed by atoms with van der Waals surface area (Å²) in [7, 11) is 0. The van der Waals surface area contributed by atoms with Crippen LogP contribution < -0.4 is 10.2 Å². The van der Waals surface area contributed by atoms with Crippen molar-refractivity contribution in [1.82, 2.24) is 5.32 Å². The SMILES string of the molecule is CC1(C)CN(c2ccc(C(F)(F)F)c(C#N)c2)CCN1. The smallest absolute Gasteiger partial charge is 0.368 e. The molecule has 6 heteroatoms. The second kappa shape index (κ2) is 4.98. The van der Waals surface area contributed by atoms with Crippen LogP contribution in [0.2, 0.25) is 0 Å². The van der Waals surface area contributed by atoms with E-state index < -0.39 is 11.7 Å². The Bertz CT molecular complexity index is 544. The first-order chi connectivity index (χ1) is 9.23. The average molecular weight is 283 g/mol. The summed E-state index contributed by atoms with van der Waals surface area (Å²) in [4.78, 5) is 2.00. The summed E-state index contributed by atoms with van der Waals surface area (Å²) < 4.78 is 38.3. The molecule has 0 aromatic heterocycles. The highest BCUT2D eigenvalue weighted by Gasteiger charge is 2.34. The van der Waals surface area contributed by atoms with Gasteiger partial charge >= 0.3 is 6.18 Å². The van der Waals surface area contributed by atoms with Gasteiger partial charge in [-0.2, -0.15) is 18.4 Å². The van der Waals surface area contributed by atoms with Crippen LogP contribution in [0.3, 0.4) is 0 Å². The van der Waals surface area contributed by atoms with Gasteiger partial charge in [-0.3, -0.25) is 0 Å². The largest absolute Gasteiger partial charge is 0.417 e. The van der Waals surface area contributed by atoms with Crippen LogP contribution >= 0.6 is 0 Å². The Morgan fingerprint density at radius 1 is 1.35 bits per heavy atom. The number of nitrogens with one attached hydrogen (secondary N) is 1. The highest BCUT2D eigenvalue weighted by atomic mass is 19.4. The maximum atomic E-state index is 12.8. The highest BCUT2D eigenvalue weighted by Crippen LogP contribution is 2.34. The third-order valence-corrected chi connectivity index (χ3v) is 3.37. The van der Waals surface area contributed by atoms with Gasteiger partial charge in [0.25, 0.3) is 0 Å². The summed E-state index contributed by atoms with van der Waals surface area (Å²) in [5.74, 6) is 0. The monoisotopic (exact) mass is 283 g/mol. The average Bonchev–Trinajstić information content (AvgIpc) is 2.35. The summed E-state index contributed by atoms with van der Waals surface area (Å²) in [6, 6.07) is 5.39. The van der Waals surface area contributed by atoms with Crippen molar-refractivity contribution in [2.24, 2.45) is 0 Å². The molecule has 1 aromatic carbocycles. The van der Waals surface area contributed by atoms with Crippen LogP contribution in [-0.2, 0) is 6.18 Å². The van der Waals surface area contributed by atoms with Gasteiger partial charge in [0.15, 0.2) is 0 Å². The lowest BCUT2D eigenvalue weighted by Gasteiger charge is -2.40. The molecular weight excluding hydrogens is 267 g/mol. The van der Waals surface area contributed by atoms with Crippen molar-refractivity contribution in [1.29, 1.82) is 5.26 Å². The fourth-order valence-corrected chi connectivity index (χ4v) is 2.43. The molecule has 0 bridgehead atoms. The Morgan fingerprint density at radius 3 is 2.60 bits per heavy atom. The fraction of sp³-hybridized carbons (Fsp3) is 0.500. The Labute approximate surface area is 116 Å². The molecule has 0 radical (unpaired) electrons. The number of alkyl halides is 3. The van der Waals surface area contributed by atoms with Crippen molar-refractivity contribution in [2.75, 3.05) is 24.5 Å². The van der Waals surface area contributed by atoms with Crippen LogP contribution in [-0.4, -0.2) is 25.2 Å². The first-order valence-corrected chi connectivity index (χ1v) is 6.34. The topological polar surface area (TPSA) is 39.1 Å². The molecule has 1 aliphatic heterocycles. The molecule has 3 nitrogen and oxygen atoms in total. The van der Waals surface area contributed by atoms with Gasteiger partial charge in [0, 0.05) is 30.9 Å². The molecule has 0 spiro atoms. The third-order valence-electron chi connectivity index (χ3n) is 3.37. The van der Waals surface area contributed by atoms with Gasteiger partial charge in [0.1, 0.15) is 0 Å². The minimum absolute atomic E-state index is 0.103. The zero-order valence-corrected chi connectivity index (χ0v) is 11.4. The molecule has 20 heavy (non-hydrogen) atoms. The van der Waals surface area contributed by atoms with Crippen molar-refractivity contribution >= 4 is 5.69 Å². The van der Waals surface area contributed by atoms with Crippen LogP contribution in [0.1, 0.15) is 25.0 Å². The van der Waals surface area contributed by atoms with E-state index in [1.807, 2.05) is 18.7 Å². The lowest BCUT2D eigenvalue weighted by molar-refractivity contribution is -0.137. The van der Waals surface area contributed by atoms with Gasteiger partial charge in [0.05, 0.1) is 17.2 Å².